The fourth-order valence-electron chi connectivity index (χ4n) is 2.58. The molecule has 0 amide bonds. The summed E-state index contributed by atoms with van der Waals surface area (Å²) in [5, 5.41) is 9.35. The van der Waals surface area contributed by atoms with E-state index in [0.717, 1.165) is 11.1 Å². The Balaban J connectivity index is 2.05. The predicted molar refractivity (Wildman–Crippen MR) is 97.8 cm³/mol. The van der Waals surface area contributed by atoms with Crippen LogP contribution in [0.3, 0.4) is 0 Å². The lowest BCUT2D eigenvalue weighted by Gasteiger charge is -2.09. The molecule has 0 bridgehead atoms. The number of anilines is 2. The van der Waals surface area contributed by atoms with Crippen molar-refractivity contribution in [1.29, 1.82) is 5.26 Å². The average Bonchev–Trinajstić information content (AvgIpc) is 2.67. The highest BCUT2D eigenvalue weighted by molar-refractivity contribution is 5.90. The highest BCUT2D eigenvalue weighted by atomic mass is 16.5. The molecule has 0 fully saturated rings. The van der Waals surface area contributed by atoms with E-state index >= 15 is 0 Å². The fraction of sp³-hybridized carbons (Fsp3) is 0.0526. The van der Waals surface area contributed by atoms with Gasteiger partial charge in [-0.1, -0.05) is 30.3 Å². The van der Waals surface area contributed by atoms with E-state index in [4.69, 9.17) is 16.2 Å². The van der Waals surface area contributed by atoms with Gasteiger partial charge in [0.25, 0.3) is 0 Å². The van der Waals surface area contributed by atoms with Crippen LogP contribution in [-0.4, -0.2) is 23.0 Å². The summed E-state index contributed by atoms with van der Waals surface area (Å²) < 4.78 is 4.70. The number of nitrogens with zero attached hydrogens (tertiary/aromatic N) is 3. The molecule has 0 saturated heterocycles. The Morgan fingerprint density at radius 3 is 2.38 bits per heavy atom. The molecule has 0 spiro atoms. The van der Waals surface area contributed by atoms with Gasteiger partial charge in [-0.15, -0.1) is 0 Å². The lowest BCUT2D eigenvalue weighted by atomic mass is 9.99. The summed E-state index contributed by atoms with van der Waals surface area (Å²) >= 11 is 0. The number of nitriles is 1. The molecular formula is C19H15N5O2. The molecular weight excluding hydrogens is 330 g/mol. The van der Waals surface area contributed by atoms with Gasteiger partial charge in [0.2, 0.25) is 5.95 Å². The van der Waals surface area contributed by atoms with Crippen LogP contribution in [-0.2, 0) is 4.74 Å². The minimum Gasteiger partial charge on any atom is -0.465 e. The van der Waals surface area contributed by atoms with E-state index in [9.17, 15) is 10.1 Å². The second-order valence-electron chi connectivity index (χ2n) is 5.45. The molecule has 0 aliphatic rings. The third-order valence-corrected chi connectivity index (χ3v) is 3.84. The molecule has 3 rings (SSSR count). The van der Waals surface area contributed by atoms with E-state index in [1.54, 1.807) is 12.1 Å². The van der Waals surface area contributed by atoms with E-state index in [0.29, 0.717) is 16.8 Å². The van der Waals surface area contributed by atoms with Gasteiger partial charge in [-0.2, -0.15) is 10.2 Å². The Labute approximate surface area is 149 Å². The standard InChI is InChI=1S/C19H15N5O2/c1-26-18(25)12-7-5-11(6-8-12)13-3-2-4-14(9-13)16-15(10-20)17(21)24-19(22)23-16/h2-9H,1H3,(H4,21,22,23,24). The van der Waals surface area contributed by atoms with Crippen molar-refractivity contribution in [2.45, 2.75) is 0 Å². The molecule has 0 atom stereocenters. The molecule has 0 unspecified atom stereocenters. The SMILES string of the molecule is COC(=O)c1ccc(-c2cccc(-c3nc(N)nc(N)c3C#N)c2)cc1. The predicted octanol–water partition coefficient (Wildman–Crippen LogP) is 2.63. The number of nitrogens with two attached hydrogens (primary N) is 2. The van der Waals surface area contributed by atoms with Gasteiger partial charge in [-0.3, -0.25) is 0 Å². The summed E-state index contributed by atoms with van der Waals surface area (Å²) in [6, 6.07) is 16.5. The van der Waals surface area contributed by atoms with Crippen molar-refractivity contribution in [3.8, 4) is 28.5 Å². The van der Waals surface area contributed by atoms with Crippen LogP contribution >= 0.6 is 0 Å². The van der Waals surface area contributed by atoms with Gasteiger partial charge in [-0.05, 0) is 29.3 Å². The molecule has 4 N–H and O–H groups in total. The van der Waals surface area contributed by atoms with Gasteiger partial charge >= 0.3 is 5.97 Å². The van der Waals surface area contributed by atoms with Crippen molar-refractivity contribution < 1.29 is 9.53 Å². The number of aromatic nitrogens is 2. The lowest BCUT2D eigenvalue weighted by molar-refractivity contribution is 0.0601. The summed E-state index contributed by atoms with van der Waals surface area (Å²) in [6.45, 7) is 0. The summed E-state index contributed by atoms with van der Waals surface area (Å²) in [6.07, 6.45) is 0. The number of rotatable bonds is 3. The Morgan fingerprint density at radius 1 is 1.04 bits per heavy atom. The second-order valence-corrected chi connectivity index (χ2v) is 5.45. The topological polar surface area (TPSA) is 128 Å². The normalized spacial score (nSPS) is 10.2. The van der Waals surface area contributed by atoms with Crippen molar-refractivity contribution in [3.63, 3.8) is 0 Å². The number of hydrogen-bond donors (Lipinski definition) is 2. The first kappa shape index (κ1) is 16.9. The molecule has 0 radical (unpaired) electrons. The van der Waals surface area contributed by atoms with Crippen LogP contribution in [0.2, 0.25) is 0 Å². The molecule has 128 valence electrons. The monoisotopic (exact) mass is 345 g/mol. The first-order chi connectivity index (χ1) is 12.5. The Bertz CT molecular complexity index is 1020. The Morgan fingerprint density at radius 2 is 1.73 bits per heavy atom. The van der Waals surface area contributed by atoms with E-state index in [1.165, 1.54) is 7.11 Å². The number of esters is 1. The number of carbonyl (C=O) groups is 1. The third-order valence-electron chi connectivity index (χ3n) is 3.84. The van der Waals surface area contributed by atoms with Crippen molar-refractivity contribution in [2.75, 3.05) is 18.6 Å². The zero-order valence-corrected chi connectivity index (χ0v) is 13.9. The van der Waals surface area contributed by atoms with E-state index in [2.05, 4.69) is 9.97 Å². The van der Waals surface area contributed by atoms with E-state index in [-0.39, 0.29) is 17.3 Å². The Kier molecular flexibility index (Phi) is 4.50. The minimum atomic E-state index is -0.393. The first-order valence-corrected chi connectivity index (χ1v) is 7.65. The maximum absolute atomic E-state index is 11.5. The molecule has 1 aromatic heterocycles. The van der Waals surface area contributed by atoms with Crippen LogP contribution in [0.4, 0.5) is 11.8 Å². The number of nitrogen functional groups attached to an aromatic ring is 2. The Hall–Kier alpha value is -3.92. The van der Waals surface area contributed by atoms with Gasteiger partial charge < -0.3 is 16.2 Å². The van der Waals surface area contributed by atoms with Crippen LogP contribution in [0.5, 0.6) is 0 Å². The summed E-state index contributed by atoms with van der Waals surface area (Å²) in [7, 11) is 1.34. The molecule has 26 heavy (non-hydrogen) atoms. The fourth-order valence-corrected chi connectivity index (χ4v) is 2.58. The molecule has 1 heterocycles. The largest absolute Gasteiger partial charge is 0.465 e. The summed E-state index contributed by atoms with van der Waals surface area (Å²) in [5.41, 5.74) is 15.0. The van der Waals surface area contributed by atoms with E-state index < -0.39 is 5.97 Å². The molecule has 2 aromatic carbocycles. The van der Waals surface area contributed by atoms with Crippen molar-refractivity contribution in [2.24, 2.45) is 0 Å². The number of methoxy groups -OCH3 is 1. The van der Waals surface area contributed by atoms with Crippen LogP contribution in [0.15, 0.2) is 48.5 Å². The summed E-state index contributed by atoms with van der Waals surface area (Å²) in [5.74, 6) is -0.344. The quantitative estimate of drug-likeness (QED) is 0.698. The van der Waals surface area contributed by atoms with Crippen molar-refractivity contribution in [1.82, 2.24) is 9.97 Å². The average molecular weight is 345 g/mol. The number of hydrogen-bond acceptors (Lipinski definition) is 7. The maximum Gasteiger partial charge on any atom is 0.337 e. The zero-order chi connectivity index (χ0) is 18.7. The van der Waals surface area contributed by atoms with Crippen molar-refractivity contribution >= 4 is 17.7 Å². The third kappa shape index (κ3) is 3.16. The molecule has 3 aromatic rings. The van der Waals surface area contributed by atoms with Gasteiger partial charge in [-0.25, -0.2) is 9.78 Å². The van der Waals surface area contributed by atoms with Gasteiger partial charge in [0.15, 0.2) is 0 Å². The van der Waals surface area contributed by atoms with Crippen LogP contribution < -0.4 is 11.5 Å². The van der Waals surface area contributed by atoms with Gasteiger partial charge in [0, 0.05) is 5.56 Å². The number of benzene rings is 2. The number of carbonyl (C=O) groups excluding carboxylic acids is 1. The van der Waals surface area contributed by atoms with Gasteiger partial charge in [0.1, 0.15) is 17.5 Å². The molecule has 7 heteroatoms. The highest BCUT2D eigenvalue weighted by Gasteiger charge is 2.14. The molecule has 0 saturated carbocycles. The molecule has 0 aliphatic heterocycles. The molecule has 0 aliphatic carbocycles. The van der Waals surface area contributed by atoms with Crippen LogP contribution in [0.25, 0.3) is 22.4 Å². The molecule has 7 nitrogen and oxygen atoms in total. The van der Waals surface area contributed by atoms with Crippen molar-refractivity contribution in [3.05, 3.63) is 59.7 Å². The second kappa shape index (κ2) is 6.91. The number of ether oxygens (including phenoxy) is 1. The smallest absolute Gasteiger partial charge is 0.337 e. The van der Waals surface area contributed by atoms with Crippen LogP contribution in [0.1, 0.15) is 15.9 Å². The first-order valence-electron chi connectivity index (χ1n) is 7.65. The van der Waals surface area contributed by atoms with E-state index in [1.807, 2.05) is 42.5 Å². The lowest BCUT2D eigenvalue weighted by Crippen LogP contribution is -2.05. The maximum atomic E-state index is 11.5. The van der Waals surface area contributed by atoms with Crippen LogP contribution in [0, 0.1) is 11.3 Å². The highest BCUT2D eigenvalue weighted by Crippen LogP contribution is 2.29. The zero-order valence-electron chi connectivity index (χ0n) is 13.9. The summed E-state index contributed by atoms with van der Waals surface area (Å²) in [4.78, 5) is 19.5. The van der Waals surface area contributed by atoms with Gasteiger partial charge in [0.05, 0.1) is 18.4 Å². The minimum absolute atomic E-state index is 0.00401.